The second-order valence-electron chi connectivity index (χ2n) is 3.35. The SMILES string of the molecule is COC(=O)c1sc(N)nc1-c1ccc(Cl)cc1Cl. The molecule has 1 aromatic carbocycles. The van der Waals surface area contributed by atoms with Crippen LogP contribution in [0.1, 0.15) is 9.67 Å². The molecule has 18 heavy (non-hydrogen) atoms. The molecule has 0 aliphatic heterocycles. The van der Waals surface area contributed by atoms with Crippen LogP contribution in [0.25, 0.3) is 11.3 Å². The van der Waals surface area contributed by atoms with Gasteiger partial charge in [0.2, 0.25) is 0 Å². The minimum absolute atomic E-state index is 0.274. The minimum atomic E-state index is -0.495. The number of esters is 1. The molecule has 7 heteroatoms. The fraction of sp³-hybridized carbons (Fsp3) is 0.0909. The van der Waals surface area contributed by atoms with Gasteiger partial charge in [-0.15, -0.1) is 0 Å². The number of methoxy groups -OCH3 is 1. The number of benzene rings is 1. The van der Waals surface area contributed by atoms with Gasteiger partial charge in [0.05, 0.1) is 17.8 Å². The van der Waals surface area contributed by atoms with Crippen LogP contribution in [0.15, 0.2) is 18.2 Å². The molecule has 0 bridgehead atoms. The molecule has 0 aliphatic rings. The second-order valence-corrected chi connectivity index (χ2v) is 5.22. The van der Waals surface area contributed by atoms with Crippen LogP contribution in [0.2, 0.25) is 10.0 Å². The third-order valence-electron chi connectivity index (χ3n) is 2.20. The third kappa shape index (κ3) is 2.43. The van der Waals surface area contributed by atoms with Crippen molar-refractivity contribution in [1.82, 2.24) is 4.98 Å². The molecule has 2 aromatic rings. The number of nitrogen functional groups attached to an aromatic ring is 1. The molecule has 0 saturated heterocycles. The maximum absolute atomic E-state index is 11.6. The van der Waals surface area contributed by atoms with Gasteiger partial charge in [-0.1, -0.05) is 34.5 Å². The van der Waals surface area contributed by atoms with E-state index in [9.17, 15) is 4.79 Å². The first-order valence-electron chi connectivity index (χ1n) is 4.83. The molecule has 0 atom stereocenters. The number of nitrogens with two attached hydrogens (primary N) is 1. The molecule has 0 fully saturated rings. The molecule has 0 radical (unpaired) electrons. The summed E-state index contributed by atoms with van der Waals surface area (Å²) in [5, 5.41) is 1.18. The molecular formula is C11H8Cl2N2O2S. The van der Waals surface area contributed by atoms with E-state index >= 15 is 0 Å². The zero-order valence-electron chi connectivity index (χ0n) is 9.24. The van der Waals surface area contributed by atoms with Crippen molar-refractivity contribution in [3.8, 4) is 11.3 Å². The summed E-state index contributed by atoms with van der Waals surface area (Å²) in [6.07, 6.45) is 0. The highest BCUT2D eigenvalue weighted by Gasteiger charge is 2.20. The summed E-state index contributed by atoms with van der Waals surface area (Å²) in [5.41, 5.74) is 6.62. The maximum atomic E-state index is 11.6. The average molecular weight is 303 g/mol. The van der Waals surface area contributed by atoms with Gasteiger partial charge in [-0.25, -0.2) is 9.78 Å². The predicted molar refractivity (Wildman–Crippen MR) is 73.3 cm³/mol. The van der Waals surface area contributed by atoms with Crippen molar-refractivity contribution in [3.63, 3.8) is 0 Å². The molecule has 0 amide bonds. The van der Waals surface area contributed by atoms with Crippen LogP contribution in [0.5, 0.6) is 0 Å². The van der Waals surface area contributed by atoms with E-state index < -0.39 is 5.97 Å². The Balaban J connectivity index is 2.60. The van der Waals surface area contributed by atoms with Crippen LogP contribution in [-0.2, 0) is 4.74 Å². The molecule has 0 saturated carbocycles. The summed E-state index contributed by atoms with van der Waals surface area (Å²) in [4.78, 5) is 16.0. The number of carbonyl (C=O) groups excluding carboxylic acids is 1. The fourth-order valence-corrected chi connectivity index (χ4v) is 2.69. The molecule has 2 rings (SSSR count). The van der Waals surface area contributed by atoms with Gasteiger partial charge >= 0.3 is 5.97 Å². The quantitative estimate of drug-likeness (QED) is 0.863. The summed E-state index contributed by atoms with van der Waals surface area (Å²) < 4.78 is 4.68. The number of aromatic nitrogens is 1. The van der Waals surface area contributed by atoms with Crippen LogP contribution in [0.4, 0.5) is 5.13 Å². The number of carbonyl (C=O) groups is 1. The fourth-order valence-electron chi connectivity index (χ4n) is 1.43. The van der Waals surface area contributed by atoms with E-state index in [-0.39, 0.29) is 5.13 Å². The first-order chi connectivity index (χ1) is 8.52. The van der Waals surface area contributed by atoms with Gasteiger partial charge in [-0.05, 0) is 18.2 Å². The number of hydrogen-bond donors (Lipinski definition) is 1. The van der Waals surface area contributed by atoms with E-state index in [1.165, 1.54) is 7.11 Å². The van der Waals surface area contributed by atoms with Crippen molar-refractivity contribution in [2.24, 2.45) is 0 Å². The van der Waals surface area contributed by atoms with E-state index in [1.807, 2.05) is 0 Å². The van der Waals surface area contributed by atoms with Gasteiger partial charge in [0.1, 0.15) is 4.88 Å². The third-order valence-corrected chi connectivity index (χ3v) is 3.61. The van der Waals surface area contributed by atoms with Gasteiger partial charge in [0, 0.05) is 10.6 Å². The van der Waals surface area contributed by atoms with E-state index in [2.05, 4.69) is 9.72 Å². The molecule has 0 spiro atoms. The van der Waals surface area contributed by atoms with E-state index in [0.29, 0.717) is 26.2 Å². The number of anilines is 1. The van der Waals surface area contributed by atoms with Gasteiger partial charge in [0.25, 0.3) is 0 Å². The lowest BCUT2D eigenvalue weighted by atomic mass is 10.1. The lowest BCUT2D eigenvalue weighted by Crippen LogP contribution is -2.00. The summed E-state index contributed by atoms with van der Waals surface area (Å²) in [6, 6.07) is 4.93. The Morgan fingerprint density at radius 3 is 2.78 bits per heavy atom. The Morgan fingerprint density at radius 2 is 2.17 bits per heavy atom. The van der Waals surface area contributed by atoms with Crippen LogP contribution >= 0.6 is 34.5 Å². The number of ether oxygens (including phenoxy) is 1. The Bertz CT molecular complexity index is 613. The summed E-state index contributed by atoms with van der Waals surface area (Å²) >= 11 is 13.0. The standard InChI is InChI=1S/C11H8Cl2N2O2S/c1-17-10(16)9-8(15-11(14)18-9)6-3-2-5(12)4-7(6)13/h2-4H,1H3,(H2,14,15). The molecule has 94 valence electrons. The van der Waals surface area contributed by atoms with Gasteiger partial charge in [0.15, 0.2) is 5.13 Å². The Hall–Kier alpha value is -1.30. The Labute approximate surface area is 117 Å². The van der Waals surface area contributed by atoms with Crippen molar-refractivity contribution in [3.05, 3.63) is 33.1 Å². The first-order valence-corrected chi connectivity index (χ1v) is 6.40. The van der Waals surface area contributed by atoms with Gasteiger partial charge < -0.3 is 10.5 Å². The van der Waals surface area contributed by atoms with Crippen LogP contribution < -0.4 is 5.73 Å². The normalized spacial score (nSPS) is 10.4. The van der Waals surface area contributed by atoms with Gasteiger partial charge in [-0.3, -0.25) is 0 Å². The number of thiazole rings is 1. The largest absolute Gasteiger partial charge is 0.465 e. The topological polar surface area (TPSA) is 65.2 Å². The molecule has 0 aliphatic carbocycles. The zero-order valence-corrected chi connectivity index (χ0v) is 11.6. The van der Waals surface area contributed by atoms with E-state index in [0.717, 1.165) is 11.3 Å². The highest BCUT2D eigenvalue weighted by molar-refractivity contribution is 7.17. The monoisotopic (exact) mass is 302 g/mol. The highest BCUT2D eigenvalue weighted by Crippen LogP contribution is 2.35. The molecule has 1 heterocycles. The van der Waals surface area contributed by atoms with E-state index in [1.54, 1.807) is 18.2 Å². The summed E-state index contributed by atoms with van der Waals surface area (Å²) in [6.45, 7) is 0. The molecular weight excluding hydrogens is 295 g/mol. The summed E-state index contributed by atoms with van der Waals surface area (Å²) in [7, 11) is 1.30. The summed E-state index contributed by atoms with van der Waals surface area (Å²) in [5.74, 6) is -0.495. The Kier molecular flexibility index (Phi) is 3.75. The molecule has 1 aromatic heterocycles. The number of nitrogens with zero attached hydrogens (tertiary/aromatic N) is 1. The molecule has 2 N–H and O–H groups in total. The van der Waals surface area contributed by atoms with Crippen molar-refractivity contribution in [2.45, 2.75) is 0 Å². The van der Waals surface area contributed by atoms with Crippen LogP contribution in [-0.4, -0.2) is 18.1 Å². The van der Waals surface area contributed by atoms with Crippen molar-refractivity contribution in [1.29, 1.82) is 0 Å². The number of halogens is 2. The maximum Gasteiger partial charge on any atom is 0.350 e. The first kappa shape index (κ1) is 13.1. The van der Waals surface area contributed by atoms with Crippen molar-refractivity contribution >= 4 is 45.6 Å². The van der Waals surface area contributed by atoms with E-state index in [4.69, 9.17) is 28.9 Å². The Morgan fingerprint density at radius 1 is 1.44 bits per heavy atom. The molecule has 4 nitrogen and oxygen atoms in total. The minimum Gasteiger partial charge on any atom is -0.465 e. The smallest absolute Gasteiger partial charge is 0.350 e. The van der Waals surface area contributed by atoms with Crippen molar-refractivity contribution in [2.75, 3.05) is 12.8 Å². The second kappa shape index (κ2) is 5.14. The van der Waals surface area contributed by atoms with Crippen LogP contribution in [0, 0.1) is 0 Å². The predicted octanol–water partition coefficient (Wildman–Crippen LogP) is 3.49. The van der Waals surface area contributed by atoms with Crippen LogP contribution in [0.3, 0.4) is 0 Å². The lowest BCUT2D eigenvalue weighted by molar-refractivity contribution is 0.0607. The highest BCUT2D eigenvalue weighted by atomic mass is 35.5. The van der Waals surface area contributed by atoms with Crippen molar-refractivity contribution < 1.29 is 9.53 Å². The lowest BCUT2D eigenvalue weighted by Gasteiger charge is -2.03. The number of rotatable bonds is 2. The zero-order chi connectivity index (χ0) is 13.3. The molecule has 0 unspecified atom stereocenters. The number of hydrogen-bond acceptors (Lipinski definition) is 5. The average Bonchev–Trinajstić information content (AvgIpc) is 2.70. The van der Waals surface area contributed by atoms with Gasteiger partial charge in [-0.2, -0.15) is 0 Å².